The predicted octanol–water partition coefficient (Wildman–Crippen LogP) is 2.99. The highest BCUT2D eigenvalue weighted by molar-refractivity contribution is 7.80. The number of ether oxygens (including phenoxy) is 1. The Hall–Kier alpha value is -4.47. The van der Waals surface area contributed by atoms with Crippen LogP contribution in [0.3, 0.4) is 0 Å². The molecule has 0 spiro atoms. The van der Waals surface area contributed by atoms with Gasteiger partial charge in [0.15, 0.2) is 10.7 Å². The first-order chi connectivity index (χ1) is 16.5. The summed E-state index contributed by atoms with van der Waals surface area (Å²) < 4.78 is 5.24. The first-order valence-electron chi connectivity index (χ1n) is 10.5. The number of para-hydroxylation sites is 1. The van der Waals surface area contributed by atoms with Crippen molar-refractivity contribution < 1.29 is 14.3 Å². The van der Waals surface area contributed by atoms with Gasteiger partial charge < -0.3 is 15.4 Å². The van der Waals surface area contributed by atoms with E-state index in [1.54, 1.807) is 36.1 Å². The van der Waals surface area contributed by atoms with Crippen LogP contribution >= 0.6 is 12.2 Å². The molecule has 168 valence electrons. The quantitative estimate of drug-likeness (QED) is 0.304. The summed E-state index contributed by atoms with van der Waals surface area (Å²) in [6.45, 7) is 1.76. The van der Waals surface area contributed by atoms with Gasteiger partial charge in [0.2, 0.25) is 5.91 Å². The number of nitrogens with zero attached hydrogens (tertiary/aromatic N) is 3. The number of esters is 1. The molecule has 0 aromatic heterocycles. The Labute approximate surface area is 201 Å². The molecule has 0 saturated heterocycles. The number of carbonyl (C=O) groups excluding carboxylic acids is 2. The number of rotatable bonds is 4. The average molecular weight is 470 g/mol. The van der Waals surface area contributed by atoms with Crippen molar-refractivity contribution in [3.63, 3.8) is 0 Å². The van der Waals surface area contributed by atoms with Crippen LogP contribution in [0.25, 0.3) is 0 Å². The number of carbonyl (C=O) groups is 2. The average Bonchev–Trinajstić information content (AvgIpc) is 2.85. The van der Waals surface area contributed by atoms with Gasteiger partial charge in [-0.15, -0.1) is 0 Å². The zero-order valence-corrected chi connectivity index (χ0v) is 18.9. The number of nitrogens with one attached hydrogen (secondary N) is 2. The number of anilines is 1. The van der Waals surface area contributed by atoms with E-state index >= 15 is 0 Å². The van der Waals surface area contributed by atoms with Gasteiger partial charge >= 0.3 is 5.97 Å². The van der Waals surface area contributed by atoms with Crippen LogP contribution in [0, 0.1) is 28.6 Å². The van der Waals surface area contributed by atoms with Crippen molar-refractivity contribution in [2.24, 2.45) is 5.92 Å². The van der Waals surface area contributed by atoms with Gasteiger partial charge in [0, 0.05) is 17.2 Å². The Kier molecular flexibility index (Phi) is 6.39. The number of amides is 1. The molecule has 0 aliphatic carbocycles. The van der Waals surface area contributed by atoms with Crippen molar-refractivity contribution in [2.45, 2.75) is 12.8 Å². The smallest absolute Gasteiger partial charge is 0.319 e. The molecule has 34 heavy (non-hydrogen) atoms. The highest BCUT2D eigenvalue weighted by atomic mass is 32.1. The first-order valence-corrected chi connectivity index (χ1v) is 10.9. The second-order valence-electron chi connectivity index (χ2n) is 7.44. The van der Waals surface area contributed by atoms with Crippen molar-refractivity contribution in [2.75, 3.05) is 11.5 Å². The Morgan fingerprint density at radius 3 is 2.26 bits per heavy atom. The summed E-state index contributed by atoms with van der Waals surface area (Å²) in [7, 11) is 0. The number of thiocarbonyl (C=S) groups is 1. The minimum Gasteiger partial charge on any atom is -0.465 e. The minimum atomic E-state index is -1.24. The summed E-state index contributed by atoms with van der Waals surface area (Å²) in [5.41, 5.74) is 1.64. The molecule has 0 radical (unpaired) electrons. The molecular formula is C25H19N5O3S. The summed E-state index contributed by atoms with van der Waals surface area (Å²) in [6.07, 6.45) is 0. The second kappa shape index (κ2) is 9.57. The monoisotopic (exact) mass is 469 g/mol. The zero-order valence-electron chi connectivity index (χ0n) is 18.1. The number of hydrogen-bond acceptors (Lipinski definition) is 6. The molecule has 0 saturated carbocycles. The van der Waals surface area contributed by atoms with Gasteiger partial charge in [0.05, 0.1) is 12.3 Å². The van der Waals surface area contributed by atoms with Gasteiger partial charge in [0.25, 0.3) is 0 Å². The fourth-order valence-electron chi connectivity index (χ4n) is 4.16. The van der Waals surface area contributed by atoms with E-state index in [2.05, 4.69) is 10.6 Å². The standard InChI is InChI=1S/C25H19N5O3S/c1-2-33-24(32)20-18(15-9-5-3-6-10-15)19-21(16(13-26)14-27)28-25(34)30(22(19)29-23(20)31)17-11-7-4-8-12-17/h3-12,18,20H,2H2,1H3,(H,28,34)(H,29,31). The van der Waals surface area contributed by atoms with Gasteiger partial charge in [0.1, 0.15) is 23.9 Å². The van der Waals surface area contributed by atoms with Crippen LogP contribution in [0.15, 0.2) is 83.3 Å². The van der Waals surface area contributed by atoms with Gasteiger partial charge in [-0.1, -0.05) is 48.5 Å². The van der Waals surface area contributed by atoms with E-state index in [9.17, 15) is 20.1 Å². The maximum Gasteiger partial charge on any atom is 0.319 e. The molecule has 2 aliphatic rings. The summed E-state index contributed by atoms with van der Waals surface area (Å²) in [5.74, 6) is -3.05. The van der Waals surface area contributed by atoms with Crippen molar-refractivity contribution in [1.82, 2.24) is 10.6 Å². The SMILES string of the molecule is CCOC(=O)C1C(=O)NC2=C(C(=C(C#N)C#N)NC(=S)N2c2ccccc2)C1c1ccccc1. The Morgan fingerprint density at radius 2 is 1.68 bits per heavy atom. The first kappa shape index (κ1) is 22.7. The summed E-state index contributed by atoms with van der Waals surface area (Å²) >= 11 is 5.57. The van der Waals surface area contributed by atoms with Crippen LogP contribution in [0.1, 0.15) is 18.4 Å². The van der Waals surface area contributed by atoms with Crippen molar-refractivity contribution in [3.05, 3.63) is 88.9 Å². The largest absolute Gasteiger partial charge is 0.465 e. The Morgan fingerprint density at radius 1 is 1.06 bits per heavy atom. The highest BCUT2D eigenvalue weighted by Crippen LogP contribution is 2.44. The van der Waals surface area contributed by atoms with E-state index in [1.165, 1.54) is 0 Å². The van der Waals surface area contributed by atoms with Gasteiger partial charge in [-0.25, -0.2) is 0 Å². The van der Waals surface area contributed by atoms with Crippen molar-refractivity contribution in [1.29, 1.82) is 10.5 Å². The number of allylic oxidation sites excluding steroid dienone is 2. The molecule has 2 N–H and O–H groups in total. The third-order valence-corrected chi connectivity index (χ3v) is 5.82. The van der Waals surface area contributed by atoms with Gasteiger partial charge in [-0.05, 0) is 36.8 Å². The molecule has 2 atom stereocenters. The third kappa shape index (κ3) is 3.90. The molecule has 2 unspecified atom stereocenters. The van der Waals surface area contributed by atoms with E-state index in [4.69, 9.17) is 17.0 Å². The highest BCUT2D eigenvalue weighted by Gasteiger charge is 2.49. The summed E-state index contributed by atoms with van der Waals surface area (Å²) in [6, 6.07) is 21.9. The molecular weight excluding hydrogens is 450 g/mol. The molecule has 1 amide bonds. The third-order valence-electron chi connectivity index (χ3n) is 5.54. The van der Waals surface area contributed by atoms with Crippen LogP contribution in [0.4, 0.5) is 5.69 Å². The van der Waals surface area contributed by atoms with Crippen LogP contribution in [0.5, 0.6) is 0 Å². The van der Waals surface area contributed by atoms with E-state index in [1.807, 2.05) is 48.5 Å². The maximum atomic E-state index is 13.4. The lowest BCUT2D eigenvalue weighted by Gasteiger charge is -2.43. The fourth-order valence-corrected chi connectivity index (χ4v) is 4.46. The molecule has 2 aliphatic heterocycles. The Balaban J connectivity index is 2.06. The predicted molar refractivity (Wildman–Crippen MR) is 127 cm³/mol. The molecule has 0 bridgehead atoms. The topological polar surface area (TPSA) is 118 Å². The van der Waals surface area contributed by atoms with Crippen molar-refractivity contribution in [3.8, 4) is 12.1 Å². The van der Waals surface area contributed by atoms with Crippen LogP contribution in [-0.2, 0) is 14.3 Å². The summed E-state index contributed by atoms with van der Waals surface area (Å²) in [5, 5.41) is 25.3. The second-order valence-corrected chi connectivity index (χ2v) is 7.83. The normalized spacial score (nSPS) is 19.3. The van der Waals surface area contributed by atoms with E-state index < -0.39 is 23.7 Å². The van der Waals surface area contributed by atoms with E-state index in [0.29, 0.717) is 16.8 Å². The maximum absolute atomic E-state index is 13.4. The molecule has 2 aromatic rings. The zero-order chi connectivity index (χ0) is 24.2. The molecule has 8 nitrogen and oxygen atoms in total. The number of nitriles is 2. The molecule has 2 aromatic carbocycles. The fraction of sp³-hybridized carbons (Fsp3) is 0.160. The van der Waals surface area contributed by atoms with Gasteiger partial charge in [-0.2, -0.15) is 10.5 Å². The van der Waals surface area contributed by atoms with Crippen LogP contribution < -0.4 is 15.5 Å². The van der Waals surface area contributed by atoms with Crippen molar-refractivity contribution >= 4 is 34.9 Å². The van der Waals surface area contributed by atoms with E-state index in [0.717, 1.165) is 0 Å². The molecule has 9 heteroatoms. The lowest BCUT2D eigenvalue weighted by Crippen LogP contribution is -2.56. The van der Waals surface area contributed by atoms with Crippen LogP contribution in [-0.4, -0.2) is 23.6 Å². The minimum absolute atomic E-state index is 0.0961. The summed E-state index contributed by atoms with van der Waals surface area (Å²) in [4.78, 5) is 28.0. The number of benzene rings is 2. The lowest BCUT2D eigenvalue weighted by molar-refractivity contribution is -0.153. The molecule has 4 rings (SSSR count). The lowest BCUT2D eigenvalue weighted by atomic mass is 9.75. The Bertz CT molecular complexity index is 1290. The number of hydrogen-bond donors (Lipinski definition) is 2. The molecule has 0 fully saturated rings. The van der Waals surface area contributed by atoms with Crippen LogP contribution in [0.2, 0.25) is 0 Å². The van der Waals surface area contributed by atoms with E-state index in [-0.39, 0.29) is 28.8 Å². The molecule has 2 heterocycles. The van der Waals surface area contributed by atoms with Gasteiger partial charge in [-0.3, -0.25) is 14.5 Å².